The minimum absolute atomic E-state index is 0.337. The van der Waals surface area contributed by atoms with Crippen molar-refractivity contribution in [2.24, 2.45) is 0 Å². The van der Waals surface area contributed by atoms with Crippen molar-refractivity contribution in [1.29, 1.82) is 0 Å². The fraction of sp³-hybridized carbons (Fsp3) is 0.312. The molecule has 0 atom stereocenters. The van der Waals surface area contributed by atoms with Gasteiger partial charge in [-0.3, -0.25) is 10.1 Å². The molecule has 1 amide bonds. The van der Waals surface area contributed by atoms with Crippen molar-refractivity contribution in [2.75, 3.05) is 18.2 Å². The van der Waals surface area contributed by atoms with Crippen molar-refractivity contribution in [2.45, 2.75) is 26.2 Å². The molecule has 6 nitrogen and oxygen atoms in total. The number of thiazole rings is 1. The second-order valence-corrected chi connectivity index (χ2v) is 6.98. The van der Waals surface area contributed by atoms with Gasteiger partial charge in [-0.2, -0.15) is 0 Å². The zero-order valence-corrected chi connectivity index (χ0v) is 14.3. The number of carbonyl (C=O) groups excluding carboxylic acids is 2. The number of esters is 1. The Balaban J connectivity index is 2.34. The van der Waals surface area contributed by atoms with E-state index in [1.807, 2.05) is 20.8 Å². The van der Waals surface area contributed by atoms with E-state index in [1.54, 1.807) is 24.3 Å². The molecule has 7 heteroatoms. The van der Waals surface area contributed by atoms with E-state index >= 15 is 0 Å². The number of aromatic nitrogens is 1. The molecule has 122 valence electrons. The zero-order valence-electron chi connectivity index (χ0n) is 13.5. The number of nitrogens with one attached hydrogen (secondary N) is 1. The Morgan fingerprint density at radius 1 is 1.26 bits per heavy atom. The molecule has 2 aromatic rings. The molecule has 0 saturated carbocycles. The minimum atomic E-state index is -0.466. The lowest BCUT2D eigenvalue weighted by molar-refractivity contribution is 0.0603. The van der Waals surface area contributed by atoms with Gasteiger partial charge in [-0.05, 0) is 12.1 Å². The molecule has 0 aliphatic carbocycles. The fourth-order valence-electron chi connectivity index (χ4n) is 1.98. The molecule has 1 aromatic heterocycles. The van der Waals surface area contributed by atoms with Crippen molar-refractivity contribution >= 4 is 34.0 Å². The summed E-state index contributed by atoms with van der Waals surface area (Å²) in [6.45, 7) is 5.82. The second kappa shape index (κ2) is 6.37. The number of nitrogens with two attached hydrogens (primary N) is 1. The van der Waals surface area contributed by atoms with Crippen molar-refractivity contribution < 1.29 is 14.3 Å². The van der Waals surface area contributed by atoms with Gasteiger partial charge in [0, 0.05) is 11.1 Å². The fourth-order valence-corrected chi connectivity index (χ4v) is 3.07. The van der Waals surface area contributed by atoms with Gasteiger partial charge in [-0.1, -0.05) is 44.2 Å². The van der Waals surface area contributed by atoms with Crippen LogP contribution in [0.5, 0.6) is 0 Å². The summed E-state index contributed by atoms with van der Waals surface area (Å²) in [6, 6.07) is 6.76. The number of benzene rings is 1. The standard InChI is InChI=1S/C16H19N3O3S/c1-16(2,3)12-11(14(21)22-4)23-15(18-12)19-13(20)9-7-5-6-8-10(9)17/h5-8H,17H2,1-4H3,(H,18,19,20). The van der Waals surface area contributed by atoms with E-state index in [0.29, 0.717) is 27.0 Å². The van der Waals surface area contributed by atoms with E-state index in [-0.39, 0.29) is 11.3 Å². The first-order valence-electron chi connectivity index (χ1n) is 6.99. The second-order valence-electron chi connectivity index (χ2n) is 5.98. The number of carbonyl (C=O) groups is 2. The number of para-hydroxylation sites is 1. The highest BCUT2D eigenvalue weighted by Crippen LogP contribution is 2.33. The summed E-state index contributed by atoms with van der Waals surface area (Å²) in [6.07, 6.45) is 0. The Bertz CT molecular complexity index is 747. The van der Waals surface area contributed by atoms with Crippen molar-refractivity contribution in [3.05, 3.63) is 40.4 Å². The molecular formula is C16H19N3O3S. The molecule has 0 saturated heterocycles. The summed E-state index contributed by atoms with van der Waals surface area (Å²) < 4.78 is 4.79. The van der Waals surface area contributed by atoms with Gasteiger partial charge in [0.15, 0.2) is 5.13 Å². The number of rotatable bonds is 3. The Morgan fingerprint density at radius 3 is 2.48 bits per heavy atom. The largest absolute Gasteiger partial charge is 0.465 e. The quantitative estimate of drug-likeness (QED) is 0.665. The molecule has 0 aliphatic heterocycles. The van der Waals surface area contributed by atoms with Crippen molar-refractivity contribution in [3.63, 3.8) is 0 Å². The Hall–Kier alpha value is -2.41. The first-order chi connectivity index (χ1) is 10.7. The highest BCUT2D eigenvalue weighted by atomic mass is 32.1. The summed E-state index contributed by atoms with van der Waals surface area (Å²) in [4.78, 5) is 29.0. The predicted molar refractivity (Wildman–Crippen MR) is 91.0 cm³/mol. The van der Waals surface area contributed by atoms with Crippen LogP contribution in [0.3, 0.4) is 0 Å². The molecule has 0 radical (unpaired) electrons. The molecule has 23 heavy (non-hydrogen) atoms. The number of ether oxygens (including phenoxy) is 1. The normalized spacial score (nSPS) is 11.1. The molecule has 1 aromatic carbocycles. The topological polar surface area (TPSA) is 94.3 Å². The average molecular weight is 333 g/mol. The smallest absolute Gasteiger partial charge is 0.350 e. The molecule has 0 unspecified atom stereocenters. The maximum Gasteiger partial charge on any atom is 0.350 e. The third-order valence-corrected chi connectivity index (χ3v) is 4.09. The van der Waals surface area contributed by atoms with Gasteiger partial charge in [0.2, 0.25) is 0 Å². The predicted octanol–water partition coefficient (Wildman–Crippen LogP) is 3.06. The summed E-state index contributed by atoms with van der Waals surface area (Å²) >= 11 is 1.09. The van der Waals surface area contributed by atoms with Gasteiger partial charge < -0.3 is 10.5 Å². The minimum Gasteiger partial charge on any atom is -0.465 e. The van der Waals surface area contributed by atoms with Crippen LogP contribution in [0.2, 0.25) is 0 Å². The third-order valence-electron chi connectivity index (χ3n) is 3.13. The van der Waals surface area contributed by atoms with Crippen LogP contribution in [-0.4, -0.2) is 24.0 Å². The number of amides is 1. The number of anilines is 2. The highest BCUT2D eigenvalue weighted by molar-refractivity contribution is 7.17. The molecule has 3 N–H and O–H groups in total. The molecule has 0 bridgehead atoms. The van der Waals surface area contributed by atoms with Crippen LogP contribution in [0.1, 0.15) is 46.5 Å². The van der Waals surface area contributed by atoms with Gasteiger partial charge in [0.1, 0.15) is 4.88 Å². The van der Waals surface area contributed by atoms with Crippen molar-refractivity contribution in [3.8, 4) is 0 Å². The Morgan fingerprint density at radius 2 is 1.91 bits per heavy atom. The van der Waals surface area contributed by atoms with E-state index in [9.17, 15) is 9.59 Å². The van der Waals surface area contributed by atoms with Crippen LogP contribution in [0.15, 0.2) is 24.3 Å². The number of nitrogen functional groups attached to an aromatic ring is 1. The van der Waals surface area contributed by atoms with Crippen LogP contribution in [0.25, 0.3) is 0 Å². The van der Waals surface area contributed by atoms with Gasteiger partial charge in [-0.25, -0.2) is 9.78 Å². The molecule has 0 fully saturated rings. The number of methoxy groups -OCH3 is 1. The van der Waals surface area contributed by atoms with Gasteiger partial charge in [0.05, 0.1) is 18.4 Å². The maximum atomic E-state index is 12.3. The summed E-state index contributed by atoms with van der Waals surface area (Å²) in [5.41, 5.74) is 6.77. The van der Waals surface area contributed by atoms with Crippen molar-refractivity contribution in [1.82, 2.24) is 4.98 Å². The number of nitrogens with zero attached hydrogens (tertiary/aromatic N) is 1. The SMILES string of the molecule is COC(=O)c1sc(NC(=O)c2ccccc2N)nc1C(C)(C)C. The lowest BCUT2D eigenvalue weighted by Crippen LogP contribution is -2.17. The van der Waals surface area contributed by atoms with E-state index < -0.39 is 5.97 Å². The average Bonchev–Trinajstić information content (AvgIpc) is 2.90. The van der Waals surface area contributed by atoms with E-state index in [0.717, 1.165) is 11.3 Å². The monoisotopic (exact) mass is 333 g/mol. The summed E-state index contributed by atoms with van der Waals surface area (Å²) in [5.74, 6) is -0.833. The molecular weight excluding hydrogens is 314 g/mol. The molecule has 2 rings (SSSR count). The van der Waals surface area contributed by atoms with E-state index in [1.165, 1.54) is 7.11 Å². The van der Waals surface area contributed by atoms with E-state index in [2.05, 4.69) is 10.3 Å². The summed E-state index contributed by atoms with van der Waals surface area (Å²) in [5, 5.41) is 3.03. The molecule has 0 spiro atoms. The Kier molecular flexibility index (Phi) is 4.70. The first-order valence-corrected chi connectivity index (χ1v) is 7.81. The highest BCUT2D eigenvalue weighted by Gasteiger charge is 2.28. The van der Waals surface area contributed by atoms with Gasteiger partial charge >= 0.3 is 5.97 Å². The van der Waals surface area contributed by atoms with Crippen LogP contribution in [0, 0.1) is 0 Å². The first kappa shape index (κ1) is 17.0. The molecule has 0 aliphatic rings. The number of hydrogen-bond donors (Lipinski definition) is 2. The zero-order chi connectivity index (χ0) is 17.2. The van der Waals surface area contributed by atoms with Crippen LogP contribution >= 0.6 is 11.3 Å². The van der Waals surface area contributed by atoms with Crippen LogP contribution < -0.4 is 11.1 Å². The van der Waals surface area contributed by atoms with Gasteiger partial charge in [0.25, 0.3) is 5.91 Å². The van der Waals surface area contributed by atoms with E-state index in [4.69, 9.17) is 10.5 Å². The lowest BCUT2D eigenvalue weighted by Gasteiger charge is -2.16. The summed E-state index contributed by atoms with van der Waals surface area (Å²) in [7, 11) is 1.32. The Labute approximate surface area is 138 Å². The molecule has 1 heterocycles. The van der Waals surface area contributed by atoms with Gasteiger partial charge in [-0.15, -0.1) is 0 Å². The lowest BCUT2D eigenvalue weighted by atomic mass is 9.91. The third kappa shape index (κ3) is 3.68. The maximum absolute atomic E-state index is 12.3. The van der Waals surface area contributed by atoms with Crippen LogP contribution in [-0.2, 0) is 10.2 Å². The van der Waals surface area contributed by atoms with Crippen LogP contribution in [0.4, 0.5) is 10.8 Å². The number of hydrogen-bond acceptors (Lipinski definition) is 6.